The number of nitrogens with zero attached hydrogens (tertiary/aromatic N) is 3. The van der Waals surface area contributed by atoms with Gasteiger partial charge < -0.3 is 4.57 Å². The van der Waals surface area contributed by atoms with Crippen molar-refractivity contribution in [1.29, 1.82) is 5.26 Å². The zero-order valence-corrected chi connectivity index (χ0v) is 14.2. The summed E-state index contributed by atoms with van der Waals surface area (Å²) in [5.74, 6) is 0.937. The van der Waals surface area contributed by atoms with Gasteiger partial charge in [0.25, 0.3) is 0 Å². The number of thiophene rings is 1. The number of imidazole rings is 1. The molecule has 0 saturated heterocycles. The molecule has 24 heavy (non-hydrogen) atoms. The molecule has 0 spiro atoms. The molecule has 0 amide bonds. The lowest BCUT2D eigenvalue weighted by atomic mass is 10.1. The molecule has 3 nitrogen and oxygen atoms in total. The molecule has 0 fully saturated rings. The fraction of sp³-hybridized carbons (Fsp3) is 0.0526. The summed E-state index contributed by atoms with van der Waals surface area (Å²) in [7, 11) is 0. The fourth-order valence-electron chi connectivity index (χ4n) is 2.72. The molecule has 0 aliphatic rings. The molecule has 4 rings (SSSR count). The van der Waals surface area contributed by atoms with Crippen molar-refractivity contribution in [2.24, 2.45) is 0 Å². The first-order valence-corrected chi connectivity index (χ1v) is 8.69. The number of fused-ring (bicyclic) bond motifs is 1. The van der Waals surface area contributed by atoms with Gasteiger partial charge in [-0.2, -0.15) is 5.26 Å². The summed E-state index contributed by atoms with van der Waals surface area (Å²) in [5.41, 5.74) is 3.73. The van der Waals surface area contributed by atoms with Gasteiger partial charge in [0.05, 0.1) is 27.5 Å². The number of rotatable bonds is 3. The molecule has 2 aromatic heterocycles. The van der Waals surface area contributed by atoms with Crippen molar-refractivity contribution in [1.82, 2.24) is 9.55 Å². The first-order valence-electron chi connectivity index (χ1n) is 7.43. The van der Waals surface area contributed by atoms with Gasteiger partial charge in [0.2, 0.25) is 0 Å². The van der Waals surface area contributed by atoms with Gasteiger partial charge in [0.1, 0.15) is 0 Å². The van der Waals surface area contributed by atoms with E-state index in [1.54, 1.807) is 11.3 Å². The number of hydrogen-bond donors (Lipinski definition) is 0. The Bertz CT molecular complexity index is 1040. The smallest absolute Gasteiger partial charge is 0.151 e. The van der Waals surface area contributed by atoms with Crippen LogP contribution in [0.5, 0.6) is 0 Å². The van der Waals surface area contributed by atoms with Crippen molar-refractivity contribution in [3.05, 3.63) is 76.1 Å². The topological polar surface area (TPSA) is 41.6 Å². The second kappa shape index (κ2) is 6.12. The van der Waals surface area contributed by atoms with Crippen LogP contribution in [0, 0.1) is 11.3 Å². The van der Waals surface area contributed by atoms with Crippen molar-refractivity contribution in [3.8, 4) is 16.8 Å². The van der Waals surface area contributed by atoms with Crippen molar-refractivity contribution in [3.63, 3.8) is 0 Å². The van der Waals surface area contributed by atoms with E-state index in [0.717, 1.165) is 27.3 Å². The summed E-state index contributed by atoms with van der Waals surface area (Å²) in [6, 6.07) is 19.7. The maximum atomic E-state index is 8.95. The predicted molar refractivity (Wildman–Crippen MR) is 98.3 cm³/mol. The van der Waals surface area contributed by atoms with Crippen LogP contribution in [-0.2, 0) is 6.54 Å². The molecule has 0 unspecified atom stereocenters. The summed E-state index contributed by atoms with van der Waals surface area (Å²) in [6.45, 7) is 0.692. The molecule has 0 N–H and O–H groups in total. The molecule has 0 bridgehead atoms. The number of aromatic nitrogens is 2. The SMILES string of the molecule is N#Cc1ccc(Cn2c(-c3cccs3)nc3cc(Cl)ccc32)cc1. The summed E-state index contributed by atoms with van der Waals surface area (Å²) < 4.78 is 2.19. The predicted octanol–water partition coefficient (Wildman–Crippen LogP) is 5.34. The van der Waals surface area contributed by atoms with E-state index in [-0.39, 0.29) is 0 Å². The zero-order chi connectivity index (χ0) is 16.5. The van der Waals surface area contributed by atoms with E-state index in [4.69, 9.17) is 21.8 Å². The van der Waals surface area contributed by atoms with E-state index in [1.807, 2.05) is 53.9 Å². The standard InChI is InChI=1S/C19H12ClN3S/c20-15-7-8-17-16(10-15)22-19(18-2-1-9-24-18)23(17)12-14-5-3-13(11-21)4-6-14/h1-10H,12H2. The van der Waals surface area contributed by atoms with E-state index < -0.39 is 0 Å². The van der Waals surface area contributed by atoms with Crippen LogP contribution in [0.1, 0.15) is 11.1 Å². The van der Waals surface area contributed by atoms with Crippen LogP contribution in [-0.4, -0.2) is 9.55 Å². The van der Waals surface area contributed by atoms with Crippen molar-refractivity contribution >= 4 is 34.0 Å². The Morgan fingerprint density at radius 1 is 1.12 bits per heavy atom. The van der Waals surface area contributed by atoms with E-state index in [9.17, 15) is 0 Å². The molecule has 0 aliphatic heterocycles. The van der Waals surface area contributed by atoms with Gasteiger partial charge in [-0.05, 0) is 47.3 Å². The number of benzene rings is 2. The Labute approximate surface area is 148 Å². The summed E-state index contributed by atoms with van der Waals surface area (Å²) >= 11 is 7.79. The Morgan fingerprint density at radius 2 is 1.96 bits per heavy atom. The second-order valence-corrected chi connectivity index (χ2v) is 6.82. The van der Waals surface area contributed by atoms with Crippen molar-refractivity contribution in [2.45, 2.75) is 6.54 Å². The lowest BCUT2D eigenvalue weighted by Gasteiger charge is -2.09. The van der Waals surface area contributed by atoms with E-state index >= 15 is 0 Å². The highest BCUT2D eigenvalue weighted by Crippen LogP contribution is 2.30. The molecule has 116 valence electrons. The maximum absolute atomic E-state index is 8.95. The Hall–Kier alpha value is -2.61. The van der Waals surface area contributed by atoms with Crippen LogP contribution in [0.25, 0.3) is 21.7 Å². The van der Waals surface area contributed by atoms with E-state index in [2.05, 4.69) is 16.7 Å². The minimum atomic E-state index is 0.666. The highest BCUT2D eigenvalue weighted by Gasteiger charge is 2.14. The molecule has 0 radical (unpaired) electrons. The van der Waals surface area contributed by atoms with E-state index in [0.29, 0.717) is 17.1 Å². The van der Waals surface area contributed by atoms with Gasteiger partial charge in [0.15, 0.2) is 5.82 Å². The zero-order valence-electron chi connectivity index (χ0n) is 12.6. The average Bonchev–Trinajstić information content (AvgIpc) is 3.23. The largest absolute Gasteiger partial charge is 0.319 e. The minimum absolute atomic E-state index is 0.666. The third kappa shape index (κ3) is 2.69. The van der Waals surface area contributed by atoms with Crippen molar-refractivity contribution in [2.75, 3.05) is 0 Å². The van der Waals surface area contributed by atoms with Gasteiger partial charge in [-0.15, -0.1) is 11.3 Å². The number of halogens is 1. The molecule has 5 heteroatoms. The Morgan fingerprint density at radius 3 is 2.67 bits per heavy atom. The molecule has 0 atom stereocenters. The summed E-state index contributed by atoms with van der Waals surface area (Å²) in [6.07, 6.45) is 0. The fourth-order valence-corrected chi connectivity index (χ4v) is 3.61. The first kappa shape index (κ1) is 14.9. The third-order valence-corrected chi connectivity index (χ3v) is 4.98. The number of hydrogen-bond acceptors (Lipinski definition) is 3. The van der Waals surface area contributed by atoms with Gasteiger partial charge in [0, 0.05) is 11.6 Å². The molecule has 4 aromatic rings. The highest BCUT2D eigenvalue weighted by molar-refractivity contribution is 7.13. The van der Waals surface area contributed by atoms with Crippen LogP contribution < -0.4 is 0 Å². The molecule has 0 aliphatic carbocycles. The molecule has 2 heterocycles. The van der Waals surface area contributed by atoms with E-state index in [1.165, 1.54) is 0 Å². The van der Waals surface area contributed by atoms with Gasteiger partial charge in [-0.3, -0.25) is 0 Å². The summed E-state index contributed by atoms with van der Waals surface area (Å²) in [5, 5.41) is 11.7. The lowest BCUT2D eigenvalue weighted by molar-refractivity contribution is 0.836. The van der Waals surface area contributed by atoms with Gasteiger partial charge in [-0.25, -0.2) is 4.98 Å². The maximum Gasteiger partial charge on any atom is 0.151 e. The summed E-state index contributed by atoms with van der Waals surface area (Å²) in [4.78, 5) is 5.90. The van der Waals surface area contributed by atoms with Crippen LogP contribution in [0.2, 0.25) is 5.02 Å². The van der Waals surface area contributed by atoms with Crippen LogP contribution in [0.3, 0.4) is 0 Å². The Balaban J connectivity index is 1.85. The lowest BCUT2D eigenvalue weighted by Crippen LogP contribution is -2.01. The minimum Gasteiger partial charge on any atom is -0.319 e. The highest BCUT2D eigenvalue weighted by atomic mass is 35.5. The van der Waals surface area contributed by atoms with Crippen LogP contribution >= 0.6 is 22.9 Å². The van der Waals surface area contributed by atoms with Gasteiger partial charge >= 0.3 is 0 Å². The number of nitriles is 1. The molecule has 0 saturated carbocycles. The molecular formula is C19H12ClN3S. The third-order valence-electron chi connectivity index (χ3n) is 3.88. The average molecular weight is 350 g/mol. The van der Waals surface area contributed by atoms with Gasteiger partial charge in [-0.1, -0.05) is 29.8 Å². The normalized spacial score (nSPS) is 10.8. The Kier molecular flexibility index (Phi) is 3.81. The van der Waals surface area contributed by atoms with Crippen molar-refractivity contribution < 1.29 is 0 Å². The monoisotopic (exact) mass is 349 g/mol. The molecule has 2 aromatic carbocycles. The molecular weight excluding hydrogens is 338 g/mol. The van der Waals surface area contributed by atoms with Crippen LogP contribution in [0.4, 0.5) is 0 Å². The second-order valence-electron chi connectivity index (χ2n) is 5.44. The quantitative estimate of drug-likeness (QED) is 0.501. The van der Waals surface area contributed by atoms with Crippen LogP contribution in [0.15, 0.2) is 60.0 Å². The first-order chi connectivity index (χ1) is 11.7.